The summed E-state index contributed by atoms with van der Waals surface area (Å²) in [7, 11) is 0. The van der Waals surface area contributed by atoms with E-state index >= 15 is 0 Å². The molecule has 1 aliphatic rings. The van der Waals surface area contributed by atoms with Crippen LogP contribution in [0.2, 0.25) is 0 Å². The number of hydrogen-bond acceptors (Lipinski definition) is 1. The average molecular weight is 143 g/mol. The van der Waals surface area contributed by atoms with Crippen LogP contribution in [0.15, 0.2) is 0 Å². The highest BCUT2D eigenvalue weighted by Crippen LogP contribution is 2.03. The standard InChI is InChI=1S/C5H10FN.C3H4/c6-5-2-1-3-7-4-5;1-3-2/h5,7H,1-4H2;1H,2H3. The van der Waals surface area contributed by atoms with Crippen molar-refractivity contribution in [3.63, 3.8) is 0 Å². The van der Waals surface area contributed by atoms with Crippen molar-refractivity contribution in [3.8, 4) is 12.3 Å². The van der Waals surface area contributed by atoms with E-state index in [1.807, 2.05) is 0 Å². The Morgan fingerprint density at radius 2 is 2.30 bits per heavy atom. The van der Waals surface area contributed by atoms with Gasteiger partial charge in [0.1, 0.15) is 6.17 Å². The second kappa shape index (κ2) is 6.57. The number of alkyl halides is 1. The van der Waals surface area contributed by atoms with Crippen molar-refractivity contribution in [2.45, 2.75) is 25.9 Å². The molecule has 0 aromatic heterocycles. The van der Waals surface area contributed by atoms with Gasteiger partial charge in [-0.3, -0.25) is 0 Å². The smallest absolute Gasteiger partial charge is 0.113 e. The molecule has 0 saturated carbocycles. The van der Waals surface area contributed by atoms with Crippen LogP contribution in [0.25, 0.3) is 0 Å². The molecule has 1 nitrogen and oxygen atoms in total. The van der Waals surface area contributed by atoms with E-state index in [9.17, 15) is 4.39 Å². The van der Waals surface area contributed by atoms with Crippen LogP contribution in [0.5, 0.6) is 0 Å². The average Bonchev–Trinajstić information content (AvgIpc) is 1.91. The zero-order valence-electron chi connectivity index (χ0n) is 6.36. The van der Waals surface area contributed by atoms with Crippen LogP contribution in [0.4, 0.5) is 4.39 Å². The highest BCUT2D eigenvalue weighted by Gasteiger charge is 2.08. The SMILES string of the molecule is C#CC.FC1CCCNC1. The van der Waals surface area contributed by atoms with Gasteiger partial charge in [-0.15, -0.1) is 12.3 Å². The van der Waals surface area contributed by atoms with Crippen LogP contribution in [0, 0.1) is 12.3 Å². The molecule has 0 bridgehead atoms. The summed E-state index contributed by atoms with van der Waals surface area (Å²) in [4.78, 5) is 0. The lowest BCUT2D eigenvalue weighted by Crippen LogP contribution is -2.30. The minimum atomic E-state index is -0.575. The van der Waals surface area contributed by atoms with Gasteiger partial charge in [-0.1, -0.05) is 0 Å². The number of piperidine rings is 1. The van der Waals surface area contributed by atoms with E-state index in [0.717, 1.165) is 19.4 Å². The van der Waals surface area contributed by atoms with Gasteiger partial charge in [-0.25, -0.2) is 4.39 Å². The molecule has 1 fully saturated rings. The number of terminal acetylenes is 1. The summed E-state index contributed by atoms with van der Waals surface area (Å²) in [5.41, 5.74) is 0. The Bertz CT molecular complexity index is 100. The molecule has 1 N–H and O–H groups in total. The van der Waals surface area contributed by atoms with Crippen molar-refractivity contribution in [2.24, 2.45) is 0 Å². The molecule has 1 heterocycles. The maximum absolute atomic E-state index is 12.1. The Kier molecular flexibility index (Phi) is 6.21. The van der Waals surface area contributed by atoms with Gasteiger partial charge in [0, 0.05) is 6.54 Å². The van der Waals surface area contributed by atoms with E-state index < -0.39 is 6.17 Å². The summed E-state index contributed by atoms with van der Waals surface area (Å²) in [6.45, 7) is 3.22. The maximum Gasteiger partial charge on any atom is 0.113 e. The Morgan fingerprint density at radius 3 is 2.50 bits per heavy atom. The van der Waals surface area contributed by atoms with Crippen molar-refractivity contribution in [3.05, 3.63) is 0 Å². The molecule has 1 aliphatic heterocycles. The molecular weight excluding hydrogens is 129 g/mol. The van der Waals surface area contributed by atoms with Crippen LogP contribution in [-0.4, -0.2) is 19.3 Å². The van der Waals surface area contributed by atoms with E-state index in [1.54, 1.807) is 6.92 Å². The second-order valence-electron chi connectivity index (χ2n) is 2.23. The summed E-state index contributed by atoms with van der Waals surface area (Å²) in [6, 6.07) is 0. The van der Waals surface area contributed by atoms with Crippen LogP contribution in [0.1, 0.15) is 19.8 Å². The van der Waals surface area contributed by atoms with Crippen LogP contribution >= 0.6 is 0 Å². The number of rotatable bonds is 0. The van der Waals surface area contributed by atoms with Gasteiger partial charge in [0.25, 0.3) is 0 Å². The fraction of sp³-hybridized carbons (Fsp3) is 0.750. The Morgan fingerprint density at radius 1 is 1.70 bits per heavy atom. The van der Waals surface area contributed by atoms with E-state index in [4.69, 9.17) is 0 Å². The predicted octanol–water partition coefficient (Wildman–Crippen LogP) is 1.35. The lowest BCUT2D eigenvalue weighted by Gasteiger charge is -2.14. The topological polar surface area (TPSA) is 12.0 Å². The molecular formula is C8H14FN. The van der Waals surface area contributed by atoms with Crippen molar-refractivity contribution in [1.82, 2.24) is 5.32 Å². The lowest BCUT2D eigenvalue weighted by molar-refractivity contribution is 0.266. The van der Waals surface area contributed by atoms with Gasteiger partial charge in [0.15, 0.2) is 0 Å². The normalized spacial score (nSPS) is 23.9. The summed E-state index contributed by atoms with van der Waals surface area (Å²) < 4.78 is 12.1. The molecule has 0 aromatic carbocycles. The van der Waals surface area contributed by atoms with Crippen LogP contribution in [-0.2, 0) is 0 Å². The third-order valence-corrected chi connectivity index (χ3v) is 1.24. The van der Waals surface area contributed by atoms with Gasteiger partial charge in [-0.05, 0) is 26.3 Å². The number of halogens is 1. The molecule has 1 rings (SSSR count). The molecule has 0 spiro atoms. The van der Waals surface area contributed by atoms with Crippen molar-refractivity contribution in [2.75, 3.05) is 13.1 Å². The van der Waals surface area contributed by atoms with Gasteiger partial charge >= 0.3 is 0 Å². The molecule has 2 heteroatoms. The predicted molar refractivity (Wildman–Crippen MR) is 41.5 cm³/mol. The lowest BCUT2D eigenvalue weighted by atomic mass is 10.1. The summed E-state index contributed by atoms with van der Waals surface area (Å²) in [5.74, 6) is 2.25. The molecule has 0 aliphatic carbocycles. The monoisotopic (exact) mass is 143 g/mol. The first kappa shape index (κ1) is 9.45. The minimum Gasteiger partial charge on any atom is -0.314 e. The van der Waals surface area contributed by atoms with Crippen molar-refractivity contribution in [1.29, 1.82) is 0 Å². The molecule has 1 atom stereocenters. The van der Waals surface area contributed by atoms with Crippen LogP contribution < -0.4 is 5.32 Å². The van der Waals surface area contributed by atoms with Crippen molar-refractivity contribution < 1.29 is 4.39 Å². The third kappa shape index (κ3) is 5.58. The quantitative estimate of drug-likeness (QED) is 0.505. The molecule has 1 unspecified atom stereocenters. The fourth-order valence-electron chi connectivity index (χ4n) is 0.809. The molecule has 10 heavy (non-hydrogen) atoms. The first-order valence-electron chi connectivity index (χ1n) is 3.53. The maximum atomic E-state index is 12.1. The van der Waals surface area contributed by atoms with E-state index in [1.165, 1.54) is 0 Å². The first-order valence-corrected chi connectivity index (χ1v) is 3.53. The Hall–Kier alpha value is -0.550. The number of hydrogen-bond donors (Lipinski definition) is 1. The molecule has 0 radical (unpaired) electrons. The molecule has 58 valence electrons. The summed E-state index contributed by atoms with van der Waals surface area (Å²) >= 11 is 0. The second-order valence-corrected chi connectivity index (χ2v) is 2.23. The zero-order valence-corrected chi connectivity index (χ0v) is 6.36. The van der Waals surface area contributed by atoms with Gasteiger partial charge in [-0.2, -0.15) is 0 Å². The largest absolute Gasteiger partial charge is 0.314 e. The van der Waals surface area contributed by atoms with Crippen molar-refractivity contribution >= 4 is 0 Å². The molecule has 0 amide bonds. The fourth-order valence-corrected chi connectivity index (χ4v) is 0.809. The van der Waals surface area contributed by atoms with E-state index in [0.29, 0.717) is 6.54 Å². The molecule has 1 saturated heterocycles. The minimum absolute atomic E-state index is 0.569. The van der Waals surface area contributed by atoms with Gasteiger partial charge in [0.2, 0.25) is 0 Å². The number of nitrogens with one attached hydrogen (secondary N) is 1. The van der Waals surface area contributed by atoms with Gasteiger partial charge in [0.05, 0.1) is 0 Å². The molecule has 0 aromatic rings. The third-order valence-electron chi connectivity index (χ3n) is 1.24. The highest BCUT2D eigenvalue weighted by molar-refractivity contribution is 4.73. The Balaban J connectivity index is 0.000000236. The summed E-state index contributed by atoms with van der Waals surface area (Å²) in [5, 5.41) is 2.96. The first-order chi connectivity index (χ1) is 4.81. The van der Waals surface area contributed by atoms with E-state index in [2.05, 4.69) is 17.7 Å². The Labute approximate surface area is 62.0 Å². The zero-order chi connectivity index (χ0) is 7.82. The van der Waals surface area contributed by atoms with Crippen LogP contribution in [0.3, 0.4) is 0 Å². The van der Waals surface area contributed by atoms with E-state index in [-0.39, 0.29) is 0 Å². The summed E-state index contributed by atoms with van der Waals surface area (Å²) in [6.07, 6.45) is 5.78. The van der Waals surface area contributed by atoms with Gasteiger partial charge < -0.3 is 5.32 Å². The highest BCUT2D eigenvalue weighted by atomic mass is 19.1.